The average Bonchev–Trinajstić information content (AvgIpc) is 2.83. The molecule has 1 N–H and O–H groups in total. The zero-order chi connectivity index (χ0) is 19.3. The van der Waals surface area contributed by atoms with Gasteiger partial charge in [-0.05, 0) is 30.4 Å². The van der Waals surface area contributed by atoms with E-state index in [1.165, 1.54) is 0 Å². The summed E-state index contributed by atoms with van der Waals surface area (Å²) in [6.07, 6.45) is 4.34. The molecule has 26 heavy (non-hydrogen) atoms. The molecule has 0 spiro atoms. The van der Waals surface area contributed by atoms with Gasteiger partial charge in [-0.25, -0.2) is 4.79 Å². The third-order valence-electron chi connectivity index (χ3n) is 4.53. The fourth-order valence-electron chi connectivity index (χ4n) is 3.05. The maximum Gasteiger partial charge on any atom is 0.334 e. The molecule has 1 aliphatic carbocycles. The zero-order valence-electron chi connectivity index (χ0n) is 15.3. The van der Waals surface area contributed by atoms with E-state index < -0.39 is 18.0 Å². The van der Waals surface area contributed by atoms with E-state index >= 15 is 0 Å². The molecule has 2 aliphatic rings. The minimum Gasteiger partial charge on any atom is -0.461 e. The molecule has 2 rings (SSSR count). The van der Waals surface area contributed by atoms with Gasteiger partial charge in [0.1, 0.15) is 12.7 Å². The van der Waals surface area contributed by atoms with Gasteiger partial charge in [-0.15, -0.1) is 0 Å². The first-order valence-electron chi connectivity index (χ1n) is 8.89. The molecule has 6 heteroatoms. The Morgan fingerprint density at radius 1 is 1.42 bits per heavy atom. The number of carbonyl (C=O) groups excluding carboxylic acids is 3. The van der Waals surface area contributed by atoms with Crippen LogP contribution in [0.1, 0.15) is 39.5 Å². The summed E-state index contributed by atoms with van der Waals surface area (Å²) in [6, 6.07) is 0. The fourth-order valence-corrected chi connectivity index (χ4v) is 3.05. The van der Waals surface area contributed by atoms with Crippen molar-refractivity contribution in [3.63, 3.8) is 0 Å². The Morgan fingerprint density at radius 3 is 2.81 bits per heavy atom. The van der Waals surface area contributed by atoms with Crippen molar-refractivity contribution in [2.24, 2.45) is 11.8 Å². The van der Waals surface area contributed by atoms with Crippen molar-refractivity contribution in [1.29, 1.82) is 0 Å². The quantitative estimate of drug-likeness (QED) is 0.458. The maximum atomic E-state index is 12.3. The zero-order valence-corrected chi connectivity index (χ0v) is 15.3. The lowest BCUT2D eigenvalue weighted by molar-refractivity contribution is -0.143. The van der Waals surface area contributed by atoms with Crippen LogP contribution in [0.5, 0.6) is 0 Å². The van der Waals surface area contributed by atoms with Crippen LogP contribution in [0.15, 0.2) is 35.5 Å². The maximum absolute atomic E-state index is 12.3. The van der Waals surface area contributed by atoms with Gasteiger partial charge in [0.25, 0.3) is 0 Å². The van der Waals surface area contributed by atoms with Gasteiger partial charge in [0.15, 0.2) is 5.78 Å². The van der Waals surface area contributed by atoms with Gasteiger partial charge in [-0.3, -0.25) is 9.59 Å². The third kappa shape index (κ3) is 5.14. The lowest BCUT2D eigenvalue weighted by Crippen LogP contribution is -2.22. The normalized spacial score (nSPS) is 27.9. The molecule has 1 saturated heterocycles. The number of ketones is 1. The summed E-state index contributed by atoms with van der Waals surface area (Å²) in [5.74, 6) is -1.25. The van der Waals surface area contributed by atoms with E-state index in [0.717, 1.165) is 5.57 Å². The summed E-state index contributed by atoms with van der Waals surface area (Å²) in [5, 5.41) is 9.43. The Labute approximate surface area is 153 Å². The number of carbonyl (C=O) groups is 3. The van der Waals surface area contributed by atoms with Crippen molar-refractivity contribution in [3.8, 4) is 0 Å². The number of aliphatic hydroxyl groups excluding tert-OH is 1. The van der Waals surface area contributed by atoms with Crippen LogP contribution < -0.4 is 0 Å². The molecular weight excluding hydrogens is 336 g/mol. The number of rotatable bonds is 5. The molecule has 0 bridgehead atoms. The highest BCUT2D eigenvalue weighted by molar-refractivity contribution is 5.98. The molecule has 0 radical (unpaired) electrons. The number of Topliss-reactive ketones (excluding diaryl/α,β-unsaturated/α-hetero) is 1. The molecule has 1 fully saturated rings. The van der Waals surface area contributed by atoms with Gasteiger partial charge in [0.05, 0.1) is 6.61 Å². The summed E-state index contributed by atoms with van der Waals surface area (Å²) in [6.45, 7) is 7.39. The predicted molar refractivity (Wildman–Crippen MR) is 95.0 cm³/mol. The second kappa shape index (κ2) is 8.94. The lowest BCUT2D eigenvalue weighted by atomic mass is 9.87. The van der Waals surface area contributed by atoms with Gasteiger partial charge in [-0.1, -0.05) is 26.5 Å². The monoisotopic (exact) mass is 362 g/mol. The summed E-state index contributed by atoms with van der Waals surface area (Å²) in [5.41, 5.74) is 1.41. The molecule has 0 aromatic rings. The van der Waals surface area contributed by atoms with Crippen molar-refractivity contribution >= 4 is 17.7 Å². The van der Waals surface area contributed by atoms with Gasteiger partial charge >= 0.3 is 11.9 Å². The number of esters is 2. The molecule has 0 aromatic carbocycles. The number of hydrogen-bond donors (Lipinski definition) is 1. The molecule has 1 aliphatic heterocycles. The topological polar surface area (TPSA) is 89.9 Å². The molecule has 1 heterocycles. The Hall–Kier alpha value is -2.21. The summed E-state index contributed by atoms with van der Waals surface area (Å²) in [7, 11) is 0. The Balaban J connectivity index is 2.19. The van der Waals surface area contributed by atoms with Gasteiger partial charge in [-0.2, -0.15) is 0 Å². The summed E-state index contributed by atoms with van der Waals surface area (Å²) >= 11 is 0. The molecule has 0 aromatic heterocycles. The molecule has 142 valence electrons. The van der Waals surface area contributed by atoms with Gasteiger partial charge < -0.3 is 14.6 Å². The highest BCUT2D eigenvalue weighted by atomic mass is 16.6. The van der Waals surface area contributed by atoms with Crippen LogP contribution in [0.3, 0.4) is 0 Å². The van der Waals surface area contributed by atoms with E-state index in [2.05, 4.69) is 6.58 Å². The van der Waals surface area contributed by atoms with Crippen LogP contribution in [-0.4, -0.2) is 42.1 Å². The number of hydrogen-bond acceptors (Lipinski definition) is 6. The molecule has 0 saturated carbocycles. The molecule has 0 amide bonds. The van der Waals surface area contributed by atoms with Crippen molar-refractivity contribution < 1.29 is 29.0 Å². The first-order valence-corrected chi connectivity index (χ1v) is 8.89. The molecular formula is C20H26O6. The van der Waals surface area contributed by atoms with E-state index in [1.807, 2.05) is 13.8 Å². The summed E-state index contributed by atoms with van der Waals surface area (Å²) < 4.78 is 10.7. The SMILES string of the molecule is C=C1C(=O)O[C@H]2/C=C(/COC(=O)CC(C)C)CC/C=C(/CO)C(=O)C[C@H]12. The van der Waals surface area contributed by atoms with Crippen molar-refractivity contribution in [1.82, 2.24) is 0 Å². The van der Waals surface area contributed by atoms with E-state index in [0.29, 0.717) is 24.8 Å². The van der Waals surface area contributed by atoms with Crippen molar-refractivity contribution in [3.05, 3.63) is 35.5 Å². The van der Waals surface area contributed by atoms with Crippen molar-refractivity contribution in [2.45, 2.75) is 45.6 Å². The Bertz CT molecular complexity index is 655. The molecule has 0 unspecified atom stereocenters. The van der Waals surface area contributed by atoms with Crippen LogP contribution >= 0.6 is 0 Å². The van der Waals surface area contributed by atoms with E-state index in [4.69, 9.17) is 9.47 Å². The Morgan fingerprint density at radius 2 is 2.15 bits per heavy atom. The minimum atomic E-state index is -0.601. The Kier molecular flexibility index (Phi) is 6.91. The molecule has 6 nitrogen and oxygen atoms in total. The van der Waals surface area contributed by atoms with E-state index in [9.17, 15) is 19.5 Å². The van der Waals surface area contributed by atoms with Crippen LogP contribution in [0.25, 0.3) is 0 Å². The minimum absolute atomic E-state index is 0.0541. The molecule has 2 atom stereocenters. The smallest absolute Gasteiger partial charge is 0.334 e. The number of fused-ring (bicyclic) bond motifs is 1. The standard InChI is InChI=1S/C20H26O6/c1-12(2)7-19(23)25-11-14-5-4-6-15(10-21)17(22)9-16-13(3)20(24)26-18(16)8-14/h6,8,12,16,18,21H,3-5,7,9-11H2,1-2H3/b14-8+,15-6-/t16-,18+/m1/s1. The van der Waals surface area contributed by atoms with Crippen LogP contribution in [-0.2, 0) is 23.9 Å². The van der Waals surface area contributed by atoms with Gasteiger partial charge in [0, 0.05) is 29.9 Å². The largest absolute Gasteiger partial charge is 0.461 e. The fraction of sp³-hybridized carbons (Fsp3) is 0.550. The van der Waals surface area contributed by atoms with Crippen LogP contribution in [0.2, 0.25) is 0 Å². The van der Waals surface area contributed by atoms with Crippen LogP contribution in [0, 0.1) is 11.8 Å². The lowest BCUT2D eigenvalue weighted by Gasteiger charge is -2.18. The number of ether oxygens (including phenoxy) is 2. The highest BCUT2D eigenvalue weighted by Gasteiger charge is 2.39. The number of allylic oxidation sites excluding steroid dienone is 1. The second-order valence-corrected chi connectivity index (χ2v) is 7.14. The third-order valence-corrected chi connectivity index (χ3v) is 4.53. The van der Waals surface area contributed by atoms with Crippen LogP contribution in [0.4, 0.5) is 0 Å². The average molecular weight is 362 g/mol. The van der Waals surface area contributed by atoms with Gasteiger partial charge in [0.2, 0.25) is 0 Å². The van der Waals surface area contributed by atoms with E-state index in [1.54, 1.807) is 12.2 Å². The first-order chi connectivity index (χ1) is 12.3. The van der Waals surface area contributed by atoms with Crippen molar-refractivity contribution in [2.75, 3.05) is 13.2 Å². The number of aliphatic hydroxyl groups is 1. The first kappa shape index (κ1) is 20.1. The highest BCUT2D eigenvalue weighted by Crippen LogP contribution is 2.33. The second-order valence-electron chi connectivity index (χ2n) is 7.14. The van der Waals surface area contributed by atoms with E-state index in [-0.39, 0.29) is 42.9 Å². The predicted octanol–water partition coefficient (Wildman–Crippen LogP) is 2.27. The summed E-state index contributed by atoms with van der Waals surface area (Å²) in [4.78, 5) is 36.0.